The topological polar surface area (TPSA) is 43.8 Å². The zero-order valence-electron chi connectivity index (χ0n) is 8.81. The van der Waals surface area contributed by atoms with Gasteiger partial charge in [0.1, 0.15) is 0 Å². The molecule has 2 amide bonds. The lowest BCUT2D eigenvalue weighted by Crippen LogP contribution is -2.51. The van der Waals surface area contributed by atoms with Crippen LogP contribution in [0.2, 0.25) is 0 Å². The fourth-order valence-corrected chi connectivity index (χ4v) is 2.69. The summed E-state index contributed by atoms with van der Waals surface area (Å²) in [5.74, 6) is 0. The molecular weight excluding hydrogens is 180 g/mol. The lowest BCUT2D eigenvalue weighted by atomic mass is 10.0. The van der Waals surface area contributed by atoms with E-state index >= 15 is 0 Å². The lowest BCUT2D eigenvalue weighted by Gasteiger charge is -2.38. The van der Waals surface area contributed by atoms with Gasteiger partial charge in [0.05, 0.1) is 6.10 Å². The summed E-state index contributed by atoms with van der Waals surface area (Å²) in [7, 11) is 3.57. The van der Waals surface area contributed by atoms with Crippen LogP contribution in [0.25, 0.3) is 0 Å². The first-order valence-corrected chi connectivity index (χ1v) is 5.27. The highest BCUT2D eigenvalue weighted by Crippen LogP contribution is 2.36. The predicted octanol–water partition coefficient (Wildman–Crippen LogP) is 0.656. The Hall–Kier alpha value is -0.770. The van der Waals surface area contributed by atoms with Crippen LogP contribution in [-0.2, 0) is 0 Å². The van der Waals surface area contributed by atoms with Gasteiger partial charge in [0.2, 0.25) is 0 Å². The quantitative estimate of drug-likeness (QED) is 0.621. The molecule has 0 radical (unpaired) electrons. The van der Waals surface area contributed by atoms with Gasteiger partial charge in [-0.1, -0.05) is 0 Å². The summed E-state index contributed by atoms with van der Waals surface area (Å²) in [6.07, 6.45) is 3.44. The van der Waals surface area contributed by atoms with Crippen molar-refractivity contribution in [3.05, 3.63) is 0 Å². The first kappa shape index (κ1) is 9.77. The third kappa shape index (κ3) is 1.47. The van der Waals surface area contributed by atoms with Crippen molar-refractivity contribution in [2.24, 2.45) is 0 Å². The number of aliphatic hydroxyl groups is 1. The van der Waals surface area contributed by atoms with Crippen LogP contribution in [0.3, 0.4) is 0 Å². The zero-order chi connectivity index (χ0) is 10.3. The third-order valence-corrected chi connectivity index (χ3v) is 3.31. The van der Waals surface area contributed by atoms with Gasteiger partial charge in [-0.25, -0.2) is 4.79 Å². The highest BCUT2D eigenvalue weighted by molar-refractivity contribution is 5.75. The number of piperidine rings is 1. The lowest BCUT2D eigenvalue weighted by molar-refractivity contribution is 0.0469. The SMILES string of the molecule is CN(C)C(=O)N1C2CCC1CC(O)C2. The molecule has 2 heterocycles. The number of urea groups is 1. The number of hydrogen-bond acceptors (Lipinski definition) is 2. The molecule has 2 saturated heterocycles. The second-order valence-corrected chi connectivity index (χ2v) is 4.59. The molecule has 0 spiro atoms. The smallest absolute Gasteiger partial charge is 0.319 e. The maximum Gasteiger partial charge on any atom is 0.319 e. The molecule has 4 nitrogen and oxygen atoms in total. The Morgan fingerprint density at radius 3 is 2.21 bits per heavy atom. The van der Waals surface area contributed by atoms with Gasteiger partial charge in [-0.2, -0.15) is 0 Å². The number of rotatable bonds is 0. The number of nitrogens with zero attached hydrogens (tertiary/aromatic N) is 2. The van der Waals surface area contributed by atoms with Crippen LogP contribution in [0.1, 0.15) is 25.7 Å². The Balaban J connectivity index is 2.11. The highest BCUT2D eigenvalue weighted by atomic mass is 16.3. The van der Waals surface area contributed by atoms with Crippen LogP contribution in [0.15, 0.2) is 0 Å². The molecule has 0 aromatic heterocycles. The van der Waals surface area contributed by atoms with Crippen molar-refractivity contribution in [2.45, 2.75) is 43.9 Å². The van der Waals surface area contributed by atoms with Crippen molar-refractivity contribution in [1.82, 2.24) is 9.80 Å². The van der Waals surface area contributed by atoms with E-state index in [0.717, 1.165) is 25.7 Å². The second-order valence-electron chi connectivity index (χ2n) is 4.59. The second kappa shape index (κ2) is 3.42. The van der Waals surface area contributed by atoms with E-state index in [-0.39, 0.29) is 24.2 Å². The van der Waals surface area contributed by atoms with E-state index in [1.807, 2.05) is 4.90 Å². The van der Waals surface area contributed by atoms with E-state index in [4.69, 9.17) is 0 Å². The number of hydrogen-bond donors (Lipinski definition) is 1. The highest BCUT2D eigenvalue weighted by Gasteiger charge is 2.43. The molecule has 2 atom stereocenters. The average molecular weight is 198 g/mol. The first-order chi connectivity index (χ1) is 6.59. The van der Waals surface area contributed by atoms with Crippen molar-refractivity contribution >= 4 is 6.03 Å². The van der Waals surface area contributed by atoms with Crippen molar-refractivity contribution in [1.29, 1.82) is 0 Å². The molecule has 2 aliphatic heterocycles. The Labute approximate surface area is 84.5 Å². The van der Waals surface area contributed by atoms with Crippen molar-refractivity contribution in [3.63, 3.8) is 0 Å². The van der Waals surface area contributed by atoms with Gasteiger partial charge in [-0.05, 0) is 25.7 Å². The molecule has 14 heavy (non-hydrogen) atoms. The number of carbonyl (C=O) groups is 1. The molecule has 2 unspecified atom stereocenters. The molecule has 2 aliphatic rings. The van der Waals surface area contributed by atoms with Crippen molar-refractivity contribution in [3.8, 4) is 0 Å². The summed E-state index contributed by atoms with van der Waals surface area (Å²) < 4.78 is 0. The minimum atomic E-state index is -0.196. The summed E-state index contributed by atoms with van der Waals surface area (Å²) in [6, 6.07) is 0.654. The molecule has 0 aromatic rings. The fourth-order valence-electron chi connectivity index (χ4n) is 2.69. The Morgan fingerprint density at radius 1 is 1.29 bits per heavy atom. The average Bonchev–Trinajstić information content (AvgIpc) is 2.37. The van der Waals surface area contributed by atoms with Gasteiger partial charge in [-0.3, -0.25) is 0 Å². The van der Waals surface area contributed by atoms with Gasteiger partial charge in [0, 0.05) is 26.2 Å². The fraction of sp³-hybridized carbons (Fsp3) is 0.900. The summed E-state index contributed by atoms with van der Waals surface area (Å²) in [5.41, 5.74) is 0. The van der Waals surface area contributed by atoms with Crippen LogP contribution in [0.4, 0.5) is 4.79 Å². The van der Waals surface area contributed by atoms with E-state index in [1.54, 1.807) is 19.0 Å². The first-order valence-electron chi connectivity index (χ1n) is 5.27. The minimum Gasteiger partial charge on any atom is -0.393 e. The Morgan fingerprint density at radius 2 is 1.79 bits per heavy atom. The minimum absolute atomic E-state index is 0.101. The van der Waals surface area contributed by atoms with Gasteiger partial charge < -0.3 is 14.9 Å². The largest absolute Gasteiger partial charge is 0.393 e. The van der Waals surface area contributed by atoms with Crippen molar-refractivity contribution in [2.75, 3.05) is 14.1 Å². The Kier molecular flexibility index (Phi) is 2.39. The molecule has 4 heteroatoms. The molecular formula is C10H18N2O2. The number of amides is 2. The van der Waals surface area contributed by atoms with Gasteiger partial charge in [0.15, 0.2) is 0 Å². The monoisotopic (exact) mass is 198 g/mol. The van der Waals surface area contributed by atoms with Gasteiger partial charge in [-0.15, -0.1) is 0 Å². The molecule has 0 saturated carbocycles. The van der Waals surface area contributed by atoms with Crippen LogP contribution >= 0.6 is 0 Å². The van der Waals surface area contributed by atoms with E-state index in [2.05, 4.69) is 0 Å². The molecule has 0 aliphatic carbocycles. The third-order valence-electron chi connectivity index (χ3n) is 3.31. The summed E-state index contributed by atoms with van der Waals surface area (Å²) >= 11 is 0. The molecule has 2 bridgehead atoms. The van der Waals surface area contributed by atoms with E-state index in [1.165, 1.54) is 0 Å². The molecule has 2 rings (SSSR count). The van der Waals surface area contributed by atoms with Crippen molar-refractivity contribution < 1.29 is 9.90 Å². The predicted molar refractivity (Wildman–Crippen MR) is 53.0 cm³/mol. The summed E-state index contributed by atoms with van der Waals surface area (Å²) in [5, 5.41) is 9.58. The number of fused-ring (bicyclic) bond motifs is 2. The van der Waals surface area contributed by atoms with E-state index < -0.39 is 0 Å². The van der Waals surface area contributed by atoms with Gasteiger partial charge in [0.25, 0.3) is 0 Å². The molecule has 1 N–H and O–H groups in total. The molecule has 2 fully saturated rings. The molecule has 0 aromatic carbocycles. The van der Waals surface area contributed by atoms with Crippen LogP contribution < -0.4 is 0 Å². The van der Waals surface area contributed by atoms with E-state index in [0.29, 0.717) is 0 Å². The maximum atomic E-state index is 11.8. The normalized spacial score (nSPS) is 35.9. The van der Waals surface area contributed by atoms with E-state index in [9.17, 15) is 9.90 Å². The standard InChI is InChI=1S/C10H18N2O2/c1-11(2)10(14)12-7-3-4-8(12)6-9(13)5-7/h7-9,13H,3-6H2,1-2H3. The zero-order valence-corrected chi connectivity index (χ0v) is 8.81. The summed E-state index contributed by atoms with van der Waals surface area (Å²) in [4.78, 5) is 15.4. The van der Waals surface area contributed by atoms with Crippen LogP contribution in [-0.4, -0.2) is 53.2 Å². The Bertz CT molecular complexity index is 228. The van der Waals surface area contributed by atoms with Crippen LogP contribution in [0, 0.1) is 0 Å². The number of carbonyl (C=O) groups excluding carboxylic acids is 1. The van der Waals surface area contributed by atoms with Gasteiger partial charge >= 0.3 is 6.03 Å². The maximum absolute atomic E-state index is 11.8. The number of aliphatic hydroxyl groups excluding tert-OH is 1. The summed E-state index contributed by atoms with van der Waals surface area (Å²) in [6.45, 7) is 0. The molecule has 80 valence electrons. The van der Waals surface area contributed by atoms with Crippen LogP contribution in [0.5, 0.6) is 0 Å².